The van der Waals surface area contributed by atoms with Crippen LogP contribution in [0.15, 0.2) is 34.2 Å². The van der Waals surface area contributed by atoms with Crippen molar-refractivity contribution in [2.75, 3.05) is 13.1 Å². The summed E-state index contributed by atoms with van der Waals surface area (Å²) in [5.41, 5.74) is 3.95. The summed E-state index contributed by atoms with van der Waals surface area (Å²) in [7, 11) is 1.78. The first kappa shape index (κ1) is 26.5. The highest BCUT2D eigenvalue weighted by Gasteiger charge is 2.28. The van der Waals surface area contributed by atoms with Gasteiger partial charge < -0.3 is 4.90 Å². The molecule has 1 saturated heterocycles. The molecular formula is C28H41N3O2S. The van der Waals surface area contributed by atoms with Gasteiger partial charge in [-0.1, -0.05) is 76.6 Å². The Morgan fingerprint density at radius 2 is 1.76 bits per heavy atom. The normalized spacial score (nSPS) is 15.4. The molecule has 0 radical (unpaired) electrons. The molecule has 1 fully saturated rings. The van der Waals surface area contributed by atoms with E-state index in [9.17, 15) is 9.59 Å². The van der Waals surface area contributed by atoms with Crippen molar-refractivity contribution in [2.24, 2.45) is 7.05 Å². The minimum atomic E-state index is -0.189. The Balaban J connectivity index is 1.82. The van der Waals surface area contributed by atoms with Gasteiger partial charge in [0.05, 0.1) is 5.25 Å². The van der Waals surface area contributed by atoms with Gasteiger partial charge in [-0.05, 0) is 49.1 Å². The summed E-state index contributed by atoms with van der Waals surface area (Å²) in [6.07, 6.45) is 6.78. The second-order valence-corrected chi connectivity index (χ2v) is 11.8. The number of hydrogen-bond donors (Lipinski definition) is 0. The molecule has 0 aliphatic carbocycles. The van der Waals surface area contributed by atoms with E-state index in [4.69, 9.17) is 4.98 Å². The van der Waals surface area contributed by atoms with Crippen LogP contribution in [0, 0.1) is 6.92 Å². The summed E-state index contributed by atoms with van der Waals surface area (Å²) >= 11 is 1.47. The fourth-order valence-electron chi connectivity index (χ4n) is 4.43. The smallest absolute Gasteiger partial charge is 0.257 e. The number of thioether (sulfide) groups is 1. The van der Waals surface area contributed by atoms with E-state index in [0.29, 0.717) is 11.6 Å². The van der Waals surface area contributed by atoms with Crippen LogP contribution in [0.25, 0.3) is 0 Å². The Hall–Kier alpha value is -2.08. The predicted octanol–water partition coefficient (Wildman–Crippen LogP) is 5.64. The fraction of sp³-hybridized carbons (Fsp3) is 0.607. The summed E-state index contributed by atoms with van der Waals surface area (Å²) < 4.78 is 1.64. The van der Waals surface area contributed by atoms with E-state index in [1.54, 1.807) is 11.6 Å². The zero-order valence-electron chi connectivity index (χ0n) is 21.8. The van der Waals surface area contributed by atoms with Crippen LogP contribution in [-0.2, 0) is 23.7 Å². The second-order valence-electron chi connectivity index (χ2n) is 10.6. The Morgan fingerprint density at radius 1 is 1.12 bits per heavy atom. The lowest BCUT2D eigenvalue weighted by molar-refractivity contribution is -0.131. The van der Waals surface area contributed by atoms with E-state index in [0.717, 1.165) is 62.0 Å². The minimum absolute atomic E-state index is 0.0189. The number of likely N-dealkylation sites (tertiary alicyclic amines) is 1. The van der Waals surface area contributed by atoms with E-state index >= 15 is 0 Å². The van der Waals surface area contributed by atoms with Gasteiger partial charge in [0.2, 0.25) is 5.91 Å². The SMILES string of the molecule is CCCCC(Sc1nc(C)c(Cc2ccc(C(C)(C)C)cc2)c(=O)n1C)C(=O)N1CCCCC1. The molecule has 6 heteroatoms. The van der Waals surface area contributed by atoms with Crippen molar-refractivity contribution in [3.05, 3.63) is 57.0 Å². The highest BCUT2D eigenvalue weighted by atomic mass is 32.2. The van der Waals surface area contributed by atoms with Crippen molar-refractivity contribution in [3.63, 3.8) is 0 Å². The third kappa shape index (κ3) is 6.53. The average molecular weight is 484 g/mol. The first-order valence-electron chi connectivity index (χ1n) is 12.7. The Bertz CT molecular complexity index is 1030. The van der Waals surface area contributed by atoms with Crippen LogP contribution in [0.4, 0.5) is 0 Å². The summed E-state index contributed by atoms with van der Waals surface area (Å²) in [5.74, 6) is 0.202. The van der Waals surface area contributed by atoms with Crippen molar-refractivity contribution >= 4 is 17.7 Å². The second kappa shape index (κ2) is 11.6. The molecule has 0 bridgehead atoms. The molecule has 0 saturated carbocycles. The summed E-state index contributed by atoms with van der Waals surface area (Å²) in [4.78, 5) is 33.4. The maximum absolute atomic E-state index is 13.3. The van der Waals surface area contributed by atoms with Crippen molar-refractivity contribution < 1.29 is 4.79 Å². The number of amides is 1. The lowest BCUT2D eigenvalue weighted by atomic mass is 9.86. The standard InChI is InChI=1S/C28H41N3O2S/c1-7-8-12-24(26(33)31-17-10-9-11-18-31)34-27-29-20(2)23(25(32)30(27)6)19-21-13-15-22(16-14-21)28(3,4)5/h13-16,24H,7-12,17-19H2,1-6H3. The summed E-state index contributed by atoms with van der Waals surface area (Å²) in [5, 5.41) is 0.451. The van der Waals surface area contributed by atoms with Gasteiger partial charge in [-0.2, -0.15) is 0 Å². The molecule has 2 aromatic rings. The van der Waals surface area contributed by atoms with Gasteiger partial charge in [-0.3, -0.25) is 14.2 Å². The molecule has 1 aromatic heterocycles. The molecule has 1 aromatic carbocycles. The van der Waals surface area contributed by atoms with Crippen LogP contribution in [-0.4, -0.2) is 38.7 Å². The van der Waals surface area contributed by atoms with Crippen LogP contribution in [0.3, 0.4) is 0 Å². The molecule has 186 valence electrons. The topological polar surface area (TPSA) is 55.2 Å². The predicted molar refractivity (Wildman–Crippen MR) is 142 cm³/mol. The monoisotopic (exact) mass is 483 g/mol. The van der Waals surface area contributed by atoms with E-state index in [1.807, 2.05) is 11.8 Å². The van der Waals surface area contributed by atoms with Gasteiger partial charge in [0.1, 0.15) is 0 Å². The zero-order valence-corrected chi connectivity index (χ0v) is 22.6. The highest BCUT2D eigenvalue weighted by molar-refractivity contribution is 8.00. The quantitative estimate of drug-likeness (QED) is 0.360. The molecule has 1 amide bonds. The molecule has 1 unspecified atom stereocenters. The zero-order chi connectivity index (χ0) is 24.9. The molecule has 0 spiro atoms. The molecule has 34 heavy (non-hydrogen) atoms. The number of aryl methyl sites for hydroxylation is 1. The number of piperidine rings is 1. The van der Waals surface area contributed by atoms with Crippen molar-refractivity contribution in [2.45, 2.75) is 95.4 Å². The number of nitrogens with zero attached hydrogens (tertiary/aromatic N) is 3. The van der Waals surface area contributed by atoms with Gasteiger partial charge in [0.15, 0.2) is 5.16 Å². The van der Waals surface area contributed by atoms with Gasteiger partial charge >= 0.3 is 0 Å². The number of carbonyl (C=O) groups excluding carboxylic acids is 1. The molecule has 3 rings (SSSR count). The number of unbranched alkanes of at least 4 members (excludes halogenated alkanes) is 1. The number of benzene rings is 1. The Kier molecular flexibility index (Phi) is 9.02. The maximum Gasteiger partial charge on any atom is 0.257 e. The number of aromatic nitrogens is 2. The summed E-state index contributed by atoms with van der Waals surface area (Å²) in [6.45, 7) is 12.4. The summed E-state index contributed by atoms with van der Waals surface area (Å²) in [6, 6.07) is 8.52. The third-order valence-corrected chi connectivity index (χ3v) is 8.06. The fourth-order valence-corrected chi connectivity index (χ4v) is 5.65. The molecule has 0 N–H and O–H groups in total. The number of hydrogen-bond acceptors (Lipinski definition) is 4. The Morgan fingerprint density at radius 3 is 2.35 bits per heavy atom. The van der Waals surface area contributed by atoms with E-state index < -0.39 is 0 Å². The van der Waals surface area contributed by atoms with Gasteiger partial charge in [-0.15, -0.1) is 0 Å². The van der Waals surface area contributed by atoms with Gasteiger partial charge in [-0.25, -0.2) is 4.98 Å². The number of rotatable bonds is 8. The first-order chi connectivity index (χ1) is 16.1. The van der Waals surface area contributed by atoms with E-state index in [1.165, 1.54) is 23.7 Å². The van der Waals surface area contributed by atoms with Gasteiger partial charge in [0.25, 0.3) is 5.56 Å². The minimum Gasteiger partial charge on any atom is -0.342 e. The van der Waals surface area contributed by atoms with Crippen LogP contribution < -0.4 is 5.56 Å². The third-order valence-electron chi connectivity index (χ3n) is 6.76. The van der Waals surface area contributed by atoms with Crippen molar-refractivity contribution in [3.8, 4) is 0 Å². The molecule has 1 atom stereocenters. The van der Waals surface area contributed by atoms with Crippen LogP contribution in [0.1, 0.15) is 88.6 Å². The molecule has 2 heterocycles. The van der Waals surface area contributed by atoms with Crippen LogP contribution in [0.2, 0.25) is 0 Å². The van der Waals surface area contributed by atoms with Crippen LogP contribution >= 0.6 is 11.8 Å². The first-order valence-corrected chi connectivity index (χ1v) is 13.6. The molecular weight excluding hydrogens is 442 g/mol. The lowest BCUT2D eigenvalue weighted by Gasteiger charge is -2.30. The lowest BCUT2D eigenvalue weighted by Crippen LogP contribution is -2.41. The molecule has 1 aliphatic heterocycles. The van der Waals surface area contributed by atoms with Crippen molar-refractivity contribution in [1.82, 2.24) is 14.5 Å². The van der Waals surface area contributed by atoms with Crippen LogP contribution in [0.5, 0.6) is 0 Å². The maximum atomic E-state index is 13.3. The highest BCUT2D eigenvalue weighted by Crippen LogP contribution is 2.28. The molecule has 1 aliphatic rings. The van der Waals surface area contributed by atoms with E-state index in [-0.39, 0.29) is 22.1 Å². The molecule has 5 nitrogen and oxygen atoms in total. The van der Waals surface area contributed by atoms with Crippen molar-refractivity contribution in [1.29, 1.82) is 0 Å². The van der Waals surface area contributed by atoms with Gasteiger partial charge in [0, 0.05) is 37.8 Å². The average Bonchev–Trinajstić information content (AvgIpc) is 2.82. The largest absolute Gasteiger partial charge is 0.342 e. The Labute approximate surface area is 209 Å². The van der Waals surface area contributed by atoms with E-state index in [2.05, 4.69) is 52.0 Å². The number of carbonyl (C=O) groups is 1.